The van der Waals surface area contributed by atoms with Gasteiger partial charge in [-0.3, -0.25) is 9.69 Å². The summed E-state index contributed by atoms with van der Waals surface area (Å²) in [5.74, 6) is 1.73. The minimum absolute atomic E-state index is 0.162. The van der Waals surface area contributed by atoms with E-state index in [1.165, 1.54) is 0 Å². The van der Waals surface area contributed by atoms with Crippen LogP contribution in [-0.4, -0.2) is 23.9 Å². The Morgan fingerprint density at radius 2 is 2.33 bits per heavy atom. The van der Waals surface area contributed by atoms with E-state index in [0.29, 0.717) is 0 Å². The second-order valence-electron chi connectivity index (χ2n) is 5.32. The van der Waals surface area contributed by atoms with Crippen LogP contribution in [-0.2, 0) is 11.3 Å². The maximum atomic E-state index is 11.7. The number of furan rings is 1. The van der Waals surface area contributed by atoms with Gasteiger partial charge in [0.25, 0.3) is 0 Å². The van der Waals surface area contributed by atoms with Gasteiger partial charge < -0.3 is 10.2 Å². The standard InChI is InChI=1S/C14H22N2O2/c1-3-14(13(15)17)7-4-8-16(10-14)9-12-6-5-11(2)18-12/h5-6H,3-4,7-10H2,1-2H3,(H2,15,17). The first kappa shape index (κ1) is 13.1. The van der Waals surface area contributed by atoms with E-state index in [1.54, 1.807) is 0 Å². The van der Waals surface area contributed by atoms with Gasteiger partial charge in [-0.05, 0) is 44.9 Å². The largest absolute Gasteiger partial charge is 0.465 e. The number of hydrogen-bond donors (Lipinski definition) is 1. The molecule has 1 unspecified atom stereocenters. The van der Waals surface area contributed by atoms with E-state index in [1.807, 2.05) is 26.0 Å². The Morgan fingerprint density at radius 1 is 1.56 bits per heavy atom. The van der Waals surface area contributed by atoms with Crippen LogP contribution in [0.25, 0.3) is 0 Å². The van der Waals surface area contributed by atoms with E-state index in [-0.39, 0.29) is 11.3 Å². The van der Waals surface area contributed by atoms with Crippen LogP contribution in [0.5, 0.6) is 0 Å². The molecular weight excluding hydrogens is 228 g/mol. The quantitative estimate of drug-likeness (QED) is 0.890. The van der Waals surface area contributed by atoms with Gasteiger partial charge in [-0.2, -0.15) is 0 Å². The summed E-state index contributed by atoms with van der Waals surface area (Å²) in [6, 6.07) is 3.97. The normalized spacial score (nSPS) is 25.2. The van der Waals surface area contributed by atoms with Gasteiger partial charge in [0.2, 0.25) is 5.91 Å². The molecule has 4 heteroatoms. The van der Waals surface area contributed by atoms with Gasteiger partial charge in [0.15, 0.2) is 0 Å². The van der Waals surface area contributed by atoms with E-state index in [9.17, 15) is 4.79 Å². The fourth-order valence-corrected chi connectivity index (χ4v) is 2.82. The third kappa shape index (κ3) is 2.58. The average Bonchev–Trinajstić information content (AvgIpc) is 2.74. The zero-order chi connectivity index (χ0) is 13.2. The third-order valence-electron chi connectivity index (χ3n) is 4.03. The highest BCUT2D eigenvalue weighted by Gasteiger charge is 2.39. The number of hydrogen-bond acceptors (Lipinski definition) is 3. The number of amides is 1. The number of carbonyl (C=O) groups excluding carboxylic acids is 1. The van der Waals surface area contributed by atoms with Gasteiger partial charge in [0.1, 0.15) is 11.5 Å². The predicted octanol–water partition coefficient (Wildman–Crippen LogP) is 2.07. The number of primary amides is 1. The van der Waals surface area contributed by atoms with Crippen molar-refractivity contribution in [2.75, 3.05) is 13.1 Å². The van der Waals surface area contributed by atoms with Crippen molar-refractivity contribution in [2.45, 2.75) is 39.7 Å². The summed E-state index contributed by atoms with van der Waals surface area (Å²) in [4.78, 5) is 14.0. The van der Waals surface area contributed by atoms with Crippen molar-refractivity contribution in [1.29, 1.82) is 0 Å². The Hall–Kier alpha value is -1.29. The van der Waals surface area contributed by atoms with Crippen molar-refractivity contribution in [2.24, 2.45) is 11.1 Å². The lowest BCUT2D eigenvalue weighted by atomic mass is 9.77. The average molecular weight is 250 g/mol. The van der Waals surface area contributed by atoms with Crippen LogP contribution in [0.1, 0.15) is 37.7 Å². The van der Waals surface area contributed by atoms with Gasteiger partial charge in [0.05, 0.1) is 12.0 Å². The summed E-state index contributed by atoms with van der Waals surface area (Å²) in [6.45, 7) is 6.51. The fourth-order valence-electron chi connectivity index (χ4n) is 2.82. The summed E-state index contributed by atoms with van der Waals surface area (Å²) in [5, 5.41) is 0. The lowest BCUT2D eigenvalue weighted by molar-refractivity contribution is -0.131. The highest BCUT2D eigenvalue weighted by Crippen LogP contribution is 2.33. The lowest BCUT2D eigenvalue weighted by Crippen LogP contribution is -2.49. The molecule has 0 aliphatic carbocycles. The molecule has 0 saturated carbocycles. The van der Waals surface area contributed by atoms with Crippen molar-refractivity contribution in [3.8, 4) is 0 Å². The molecule has 1 aliphatic rings. The van der Waals surface area contributed by atoms with E-state index in [4.69, 9.17) is 10.2 Å². The molecule has 2 heterocycles. The van der Waals surface area contributed by atoms with Crippen LogP contribution >= 0.6 is 0 Å². The highest BCUT2D eigenvalue weighted by molar-refractivity contribution is 5.81. The van der Waals surface area contributed by atoms with Crippen LogP contribution in [0.3, 0.4) is 0 Å². The SMILES string of the molecule is CCC1(C(N)=O)CCCN(Cc2ccc(C)o2)C1. The lowest BCUT2D eigenvalue weighted by Gasteiger charge is -2.39. The number of piperidine rings is 1. The highest BCUT2D eigenvalue weighted by atomic mass is 16.3. The maximum Gasteiger partial charge on any atom is 0.224 e. The topological polar surface area (TPSA) is 59.5 Å². The molecule has 1 amide bonds. The molecule has 2 N–H and O–H groups in total. The van der Waals surface area contributed by atoms with Crippen molar-refractivity contribution in [1.82, 2.24) is 4.90 Å². The van der Waals surface area contributed by atoms with Crippen molar-refractivity contribution in [3.05, 3.63) is 23.7 Å². The molecular formula is C14H22N2O2. The number of carbonyl (C=O) groups is 1. The molecule has 1 aromatic rings. The first-order valence-corrected chi connectivity index (χ1v) is 6.63. The van der Waals surface area contributed by atoms with Crippen LogP contribution in [0, 0.1) is 12.3 Å². The Labute approximate surface area is 108 Å². The molecule has 0 radical (unpaired) electrons. The Bertz CT molecular complexity index is 427. The van der Waals surface area contributed by atoms with Crippen LogP contribution in [0.4, 0.5) is 0 Å². The summed E-state index contributed by atoms with van der Waals surface area (Å²) < 4.78 is 5.59. The summed E-state index contributed by atoms with van der Waals surface area (Å²) in [7, 11) is 0. The van der Waals surface area contributed by atoms with E-state index >= 15 is 0 Å². The molecule has 1 saturated heterocycles. The fraction of sp³-hybridized carbons (Fsp3) is 0.643. The van der Waals surface area contributed by atoms with Gasteiger partial charge in [0, 0.05) is 6.54 Å². The molecule has 1 atom stereocenters. The molecule has 100 valence electrons. The van der Waals surface area contributed by atoms with Gasteiger partial charge in [-0.1, -0.05) is 6.92 Å². The van der Waals surface area contributed by atoms with Gasteiger partial charge >= 0.3 is 0 Å². The van der Waals surface area contributed by atoms with E-state index in [2.05, 4.69) is 4.90 Å². The Balaban J connectivity index is 2.04. The van der Waals surface area contributed by atoms with Gasteiger partial charge in [-0.15, -0.1) is 0 Å². The van der Waals surface area contributed by atoms with Crippen molar-refractivity contribution < 1.29 is 9.21 Å². The summed E-state index contributed by atoms with van der Waals surface area (Å²) >= 11 is 0. The summed E-state index contributed by atoms with van der Waals surface area (Å²) in [6.07, 6.45) is 2.75. The minimum atomic E-state index is -0.347. The van der Waals surface area contributed by atoms with Gasteiger partial charge in [-0.25, -0.2) is 0 Å². The second kappa shape index (κ2) is 5.14. The zero-order valence-corrected chi connectivity index (χ0v) is 11.2. The number of nitrogens with two attached hydrogens (primary N) is 1. The molecule has 4 nitrogen and oxygen atoms in total. The molecule has 0 bridgehead atoms. The number of likely N-dealkylation sites (tertiary alicyclic amines) is 1. The number of rotatable bonds is 4. The first-order chi connectivity index (χ1) is 8.55. The van der Waals surface area contributed by atoms with Crippen LogP contribution < -0.4 is 5.73 Å². The van der Waals surface area contributed by atoms with Crippen LogP contribution in [0.2, 0.25) is 0 Å². The van der Waals surface area contributed by atoms with E-state index in [0.717, 1.165) is 50.4 Å². The summed E-state index contributed by atoms with van der Waals surface area (Å²) in [5.41, 5.74) is 5.24. The van der Waals surface area contributed by atoms with E-state index < -0.39 is 0 Å². The second-order valence-corrected chi connectivity index (χ2v) is 5.32. The van der Waals surface area contributed by atoms with Crippen LogP contribution in [0.15, 0.2) is 16.5 Å². The molecule has 0 aromatic carbocycles. The number of nitrogens with zero attached hydrogens (tertiary/aromatic N) is 1. The molecule has 1 aliphatic heterocycles. The number of aryl methyl sites for hydroxylation is 1. The monoisotopic (exact) mass is 250 g/mol. The smallest absolute Gasteiger partial charge is 0.224 e. The first-order valence-electron chi connectivity index (χ1n) is 6.63. The predicted molar refractivity (Wildman–Crippen MR) is 69.9 cm³/mol. The third-order valence-corrected chi connectivity index (χ3v) is 4.03. The maximum absolute atomic E-state index is 11.7. The Kier molecular flexibility index (Phi) is 3.76. The van der Waals surface area contributed by atoms with Crippen molar-refractivity contribution >= 4 is 5.91 Å². The molecule has 2 rings (SSSR count). The molecule has 18 heavy (non-hydrogen) atoms. The van der Waals surface area contributed by atoms with Crippen molar-refractivity contribution in [3.63, 3.8) is 0 Å². The zero-order valence-electron chi connectivity index (χ0n) is 11.2. The minimum Gasteiger partial charge on any atom is -0.465 e. The molecule has 0 spiro atoms. The molecule has 1 fully saturated rings. The Morgan fingerprint density at radius 3 is 2.89 bits per heavy atom. The molecule has 1 aromatic heterocycles.